The summed E-state index contributed by atoms with van der Waals surface area (Å²) in [4.78, 5) is 12.3. The van der Waals surface area contributed by atoms with E-state index in [0.29, 0.717) is 49.1 Å². The minimum absolute atomic E-state index is 0.153. The molecule has 0 spiro atoms. The van der Waals surface area contributed by atoms with E-state index in [1.807, 2.05) is 32.0 Å². The zero-order valence-electron chi connectivity index (χ0n) is 19.1. The topological polar surface area (TPSA) is 94.2 Å². The summed E-state index contributed by atoms with van der Waals surface area (Å²) in [6, 6.07) is 12.3. The highest BCUT2D eigenvalue weighted by atomic mass is 32.2. The van der Waals surface area contributed by atoms with E-state index in [-0.39, 0.29) is 18.9 Å². The summed E-state index contributed by atoms with van der Waals surface area (Å²) >= 11 is 0. The number of carbonyl (C=O) groups is 1. The Kier molecular flexibility index (Phi) is 9.64. The number of hydrogen-bond acceptors (Lipinski definition) is 6. The van der Waals surface area contributed by atoms with Crippen LogP contribution in [0, 0.1) is 0 Å². The first kappa shape index (κ1) is 25.3. The van der Waals surface area contributed by atoms with Crippen LogP contribution in [-0.2, 0) is 21.4 Å². The SMILES string of the molecule is CCOc1ccc(CNC(=O)CCCN(c2ccc(OC)cc2)S(C)(=O)=O)cc1OCC. The molecular weight excluding hydrogens is 432 g/mol. The van der Waals surface area contributed by atoms with E-state index in [1.54, 1.807) is 31.4 Å². The third kappa shape index (κ3) is 7.64. The molecule has 0 saturated carbocycles. The predicted octanol–water partition coefficient (Wildman–Crippen LogP) is 3.36. The van der Waals surface area contributed by atoms with Gasteiger partial charge in [0.2, 0.25) is 15.9 Å². The van der Waals surface area contributed by atoms with E-state index in [2.05, 4.69) is 5.32 Å². The fourth-order valence-electron chi connectivity index (χ4n) is 3.11. The van der Waals surface area contributed by atoms with Gasteiger partial charge in [0.05, 0.1) is 32.3 Å². The maximum absolute atomic E-state index is 12.3. The van der Waals surface area contributed by atoms with Gasteiger partial charge in [-0.3, -0.25) is 9.10 Å². The van der Waals surface area contributed by atoms with Gasteiger partial charge in [-0.25, -0.2) is 8.42 Å². The Bertz CT molecular complexity index is 976. The van der Waals surface area contributed by atoms with E-state index in [0.717, 1.165) is 11.8 Å². The molecule has 0 aliphatic carbocycles. The largest absolute Gasteiger partial charge is 0.497 e. The van der Waals surface area contributed by atoms with Gasteiger partial charge in [0.1, 0.15) is 5.75 Å². The summed E-state index contributed by atoms with van der Waals surface area (Å²) in [6.45, 7) is 5.41. The minimum atomic E-state index is -3.47. The van der Waals surface area contributed by atoms with Crippen LogP contribution in [0.1, 0.15) is 32.3 Å². The number of anilines is 1. The van der Waals surface area contributed by atoms with Gasteiger partial charge in [0.25, 0.3) is 0 Å². The monoisotopic (exact) mass is 464 g/mol. The first-order chi connectivity index (χ1) is 15.3. The Morgan fingerprint density at radius 3 is 2.25 bits per heavy atom. The third-order valence-corrected chi connectivity index (χ3v) is 5.82. The number of sulfonamides is 1. The number of amides is 1. The molecule has 2 aromatic rings. The highest BCUT2D eigenvalue weighted by Crippen LogP contribution is 2.28. The lowest BCUT2D eigenvalue weighted by Crippen LogP contribution is -2.32. The maximum atomic E-state index is 12.3. The summed E-state index contributed by atoms with van der Waals surface area (Å²) < 4.78 is 42.0. The molecule has 0 saturated heterocycles. The Balaban J connectivity index is 1.90. The van der Waals surface area contributed by atoms with E-state index < -0.39 is 10.0 Å². The molecule has 176 valence electrons. The Morgan fingerprint density at radius 2 is 1.66 bits per heavy atom. The number of nitrogens with one attached hydrogen (secondary N) is 1. The van der Waals surface area contributed by atoms with Gasteiger partial charge in [-0.1, -0.05) is 6.07 Å². The van der Waals surface area contributed by atoms with Gasteiger partial charge in [0, 0.05) is 19.5 Å². The Labute approximate surface area is 190 Å². The molecule has 8 nitrogen and oxygen atoms in total. The van der Waals surface area contributed by atoms with E-state index in [1.165, 1.54) is 4.31 Å². The number of nitrogens with zero attached hydrogens (tertiary/aromatic N) is 1. The molecule has 2 rings (SSSR count). The standard InChI is InChI=1S/C23H32N2O6S/c1-5-30-21-14-9-18(16-22(21)31-6-2)17-24-23(26)8-7-15-25(32(4,27)28)19-10-12-20(29-3)13-11-19/h9-14,16H,5-8,15,17H2,1-4H3,(H,24,26). The first-order valence-electron chi connectivity index (χ1n) is 10.6. The lowest BCUT2D eigenvalue weighted by molar-refractivity contribution is -0.121. The second-order valence-electron chi connectivity index (χ2n) is 7.06. The number of benzene rings is 2. The summed E-state index contributed by atoms with van der Waals surface area (Å²) in [5.41, 5.74) is 1.42. The van der Waals surface area contributed by atoms with Crippen molar-refractivity contribution >= 4 is 21.6 Å². The Hall–Kier alpha value is -2.94. The Morgan fingerprint density at radius 1 is 1.00 bits per heavy atom. The summed E-state index contributed by atoms with van der Waals surface area (Å²) in [5.74, 6) is 1.80. The number of ether oxygens (including phenoxy) is 3. The molecule has 2 aromatic carbocycles. The lowest BCUT2D eigenvalue weighted by Gasteiger charge is -2.22. The fourth-order valence-corrected chi connectivity index (χ4v) is 4.08. The van der Waals surface area contributed by atoms with Crippen molar-refractivity contribution in [2.75, 3.05) is 37.4 Å². The fraction of sp³-hybridized carbons (Fsp3) is 0.435. The summed E-state index contributed by atoms with van der Waals surface area (Å²) in [7, 11) is -1.93. The third-order valence-electron chi connectivity index (χ3n) is 4.62. The smallest absolute Gasteiger partial charge is 0.232 e. The quantitative estimate of drug-likeness (QED) is 0.489. The van der Waals surface area contributed by atoms with Crippen LogP contribution in [0.25, 0.3) is 0 Å². The van der Waals surface area contributed by atoms with E-state index in [4.69, 9.17) is 14.2 Å². The second-order valence-corrected chi connectivity index (χ2v) is 8.97. The normalized spacial score (nSPS) is 11.0. The maximum Gasteiger partial charge on any atom is 0.232 e. The van der Waals surface area contributed by atoms with Gasteiger partial charge in [-0.05, 0) is 62.2 Å². The van der Waals surface area contributed by atoms with Crippen LogP contribution in [0.5, 0.6) is 17.2 Å². The molecule has 0 atom stereocenters. The van der Waals surface area contributed by atoms with Crippen LogP contribution in [0.4, 0.5) is 5.69 Å². The van der Waals surface area contributed by atoms with Gasteiger partial charge in [-0.15, -0.1) is 0 Å². The molecular formula is C23H32N2O6S. The minimum Gasteiger partial charge on any atom is -0.497 e. The van der Waals surface area contributed by atoms with Crippen molar-refractivity contribution < 1.29 is 27.4 Å². The highest BCUT2D eigenvalue weighted by Gasteiger charge is 2.17. The van der Waals surface area contributed by atoms with Gasteiger partial charge < -0.3 is 19.5 Å². The van der Waals surface area contributed by atoms with Crippen molar-refractivity contribution in [2.24, 2.45) is 0 Å². The summed E-state index contributed by atoms with van der Waals surface area (Å²) in [6.07, 6.45) is 1.75. The molecule has 32 heavy (non-hydrogen) atoms. The van der Waals surface area contributed by atoms with E-state index in [9.17, 15) is 13.2 Å². The van der Waals surface area contributed by atoms with E-state index >= 15 is 0 Å². The van der Waals surface area contributed by atoms with Crippen LogP contribution in [0.2, 0.25) is 0 Å². The number of methoxy groups -OCH3 is 1. The van der Waals surface area contributed by atoms with Crippen LogP contribution >= 0.6 is 0 Å². The van der Waals surface area contributed by atoms with Crippen molar-refractivity contribution in [1.82, 2.24) is 5.32 Å². The van der Waals surface area contributed by atoms with Gasteiger partial charge in [0.15, 0.2) is 11.5 Å². The molecule has 9 heteroatoms. The zero-order valence-corrected chi connectivity index (χ0v) is 19.9. The van der Waals surface area contributed by atoms with Crippen LogP contribution < -0.4 is 23.8 Å². The van der Waals surface area contributed by atoms with Crippen molar-refractivity contribution in [1.29, 1.82) is 0 Å². The number of hydrogen-bond donors (Lipinski definition) is 1. The molecule has 0 radical (unpaired) electrons. The predicted molar refractivity (Wildman–Crippen MR) is 125 cm³/mol. The zero-order chi connectivity index (χ0) is 23.6. The second kappa shape index (κ2) is 12.2. The average Bonchev–Trinajstić information content (AvgIpc) is 2.76. The lowest BCUT2D eigenvalue weighted by atomic mass is 10.2. The molecule has 0 heterocycles. The first-order valence-corrected chi connectivity index (χ1v) is 12.4. The van der Waals surface area contributed by atoms with Gasteiger partial charge >= 0.3 is 0 Å². The molecule has 0 aliphatic heterocycles. The molecule has 1 N–H and O–H groups in total. The van der Waals surface area contributed by atoms with Crippen LogP contribution in [0.15, 0.2) is 42.5 Å². The number of carbonyl (C=O) groups excluding carboxylic acids is 1. The molecule has 0 bridgehead atoms. The molecule has 1 amide bonds. The van der Waals surface area contributed by atoms with Gasteiger partial charge in [-0.2, -0.15) is 0 Å². The number of rotatable bonds is 13. The van der Waals surface area contributed by atoms with Crippen molar-refractivity contribution in [2.45, 2.75) is 33.2 Å². The molecule has 0 aromatic heterocycles. The van der Waals surface area contributed by atoms with Crippen LogP contribution in [-0.4, -0.2) is 47.4 Å². The van der Waals surface area contributed by atoms with Crippen molar-refractivity contribution in [3.8, 4) is 17.2 Å². The molecule has 0 fully saturated rings. The van der Waals surface area contributed by atoms with Crippen LogP contribution in [0.3, 0.4) is 0 Å². The summed E-state index contributed by atoms with van der Waals surface area (Å²) in [5, 5.41) is 2.87. The molecule has 0 unspecified atom stereocenters. The van der Waals surface area contributed by atoms with Crippen molar-refractivity contribution in [3.63, 3.8) is 0 Å². The highest BCUT2D eigenvalue weighted by molar-refractivity contribution is 7.92. The average molecular weight is 465 g/mol. The molecule has 0 aliphatic rings. The van der Waals surface area contributed by atoms with Crippen molar-refractivity contribution in [3.05, 3.63) is 48.0 Å².